The van der Waals surface area contributed by atoms with Crippen molar-refractivity contribution < 1.29 is 4.74 Å². The number of nitrogens with zero attached hydrogens (tertiary/aromatic N) is 2. The highest BCUT2D eigenvalue weighted by atomic mass is 16.5. The molecule has 0 bridgehead atoms. The fourth-order valence-corrected chi connectivity index (χ4v) is 2.55. The van der Waals surface area contributed by atoms with Gasteiger partial charge in [0.05, 0.1) is 12.8 Å². The molecule has 0 radical (unpaired) electrons. The van der Waals surface area contributed by atoms with Crippen LogP contribution in [0.5, 0.6) is 5.75 Å². The summed E-state index contributed by atoms with van der Waals surface area (Å²) in [6.45, 7) is 4.02. The highest BCUT2D eigenvalue weighted by Crippen LogP contribution is 2.27. The Labute approximate surface area is 148 Å². The SMILES string of the molecule is CCc1ccc(Nc2cc(Nc3ccccc3OC)nc(C)n2)cc1. The van der Waals surface area contributed by atoms with Gasteiger partial charge in [0.2, 0.25) is 0 Å². The molecule has 0 amide bonds. The number of hydrogen-bond donors (Lipinski definition) is 2. The highest BCUT2D eigenvalue weighted by molar-refractivity contribution is 5.67. The molecule has 0 aliphatic rings. The molecule has 0 aliphatic heterocycles. The Hall–Kier alpha value is -3.08. The van der Waals surface area contributed by atoms with Crippen LogP contribution < -0.4 is 15.4 Å². The number of hydrogen-bond acceptors (Lipinski definition) is 5. The first-order valence-electron chi connectivity index (χ1n) is 8.29. The normalized spacial score (nSPS) is 10.4. The molecule has 2 N–H and O–H groups in total. The first-order valence-corrected chi connectivity index (χ1v) is 8.29. The van der Waals surface area contributed by atoms with Gasteiger partial charge >= 0.3 is 0 Å². The van der Waals surface area contributed by atoms with E-state index in [9.17, 15) is 0 Å². The van der Waals surface area contributed by atoms with E-state index < -0.39 is 0 Å². The van der Waals surface area contributed by atoms with Crippen LogP contribution in [0, 0.1) is 6.92 Å². The Bertz CT molecular complexity index is 847. The second-order valence-electron chi connectivity index (χ2n) is 5.69. The third kappa shape index (κ3) is 4.26. The van der Waals surface area contributed by atoms with Gasteiger partial charge in [0.25, 0.3) is 0 Å². The van der Waals surface area contributed by atoms with Gasteiger partial charge in [-0.3, -0.25) is 0 Å². The van der Waals surface area contributed by atoms with Crippen LogP contribution in [0.4, 0.5) is 23.0 Å². The molecule has 128 valence electrons. The van der Waals surface area contributed by atoms with Crippen molar-refractivity contribution in [3.8, 4) is 5.75 Å². The van der Waals surface area contributed by atoms with Gasteiger partial charge in [-0.05, 0) is 43.2 Å². The fourth-order valence-electron chi connectivity index (χ4n) is 2.55. The van der Waals surface area contributed by atoms with Crippen LogP contribution in [0.15, 0.2) is 54.6 Å². The summed E-state index contributed by atoms with van der Waals surface area (Å²) in [4.78, 5) is 8.92. The van der Waals surface area contributed by atoms with Crippen LogP contribution in [0.25, 0.3) is 0 Å². The summed E-state index contributed by atoms with van der Waals surface area (Å²) in [5.41, 5.74) is 3.17. The zero-order valence-electron chi connectivity index (χ0n) is 14.7. The topological polar surface area (TPSA) is 59.1 Å². The maximum atomic E-state index is 5.37. The van der Waals surface area contributed by atoms with Crippen molar-refractivity contribution in [3.05, 3.63) is 66.0 Å². The first kappa shape index (κ1) is 16.8. The van der Waals surface area contributed by atoms with Crippen LogP contribution in [-0.2, 0) is 6.42 Å². The number of aromatic nitrogens is 2. The van der Waals surface area contributed by atoms with Crippen LogP contribution in [0.2, 0.25) is 0 Å². The summed E-state index contributed by atoms with van der Waals surface area (Å²) >= 11 is 0. The largest absolute Gasteiger partial charge is 0.495 e. The van der Waals surface area contributed by atoms with E-state index in [0.29, 0.717) is 11.6 Å². The lowest BCUT2D eigenvalue weighted by atomic mass is 10.1. The Morgan fingerprint density at radius 2 is 1.60 bits per heavy atom. The van der Waals surface area contributed by atoms with Crippen molar-refractivity contribution in [2.45, 2.75) is 20.3 Å². The predicted octanol–water partition coefficient (Wildman–Crippen LogP) is 4.84. The van der Waals surface area contributed by atoms with Gasteiger partial charge in [-0.25, -0.2) is 9.97 Å². The summed E-state index contributed by atoms with van der Waals surface area (Å²) in [6, 6.07) is 18.0. The minimum atomic E-state index is 0.688. The van der Waals surface area contributed by atoms with Crippen molar-refractivity contribution in [1.82, 2.24) is 9.97 Å². The third-order valence-corrected chi connectivity index (χ3v) is 3.84. The molecule has 1 heterocycles. The van der Waals surface area contributed by atoms with Crippen LogP contribution in [-0.4, -0.2) is 17.1 Å². The smallest absolute Gasteiger partial charge is 0.142 e. The van der Waals surface area contributed by atoms with E-state index in [1.807, 2.05) is 37.3 Å². The van der Waals surface area contributed by atoms with E-state index in [4.69, 9.17) is 4.74 Å². The molecule has 25 heavy (non-hydrogen) atoms. The lowest BCUT2D eigenvalue weighted by Crippen LogP contribution is -2.02. The Balaban J connectivity index is 1.82. The molecule has 0 atom stereocenters. The zero-order chi connectivity index (χ0) is 17.6. The minimum Gasteiger partial charge on any atom is -0.495 e. The first-order chi connectivity index (χ1) is 12.2. The van der Waals surface area contributed by atoms with Gasteiger partial charge in [0.15, 0.2) is 0 Å². The van der Waals surface area contributed by atoms with E-state index in [1.54, 1.807) is 7.11 Å². The molecule has 5 nitrogen and oxygen atoms in total. The van der Waals surface area contributed by atoms with Crippen LogP contribution in [0.3, 0.4) is 0 Å². The lowest BCUT2D eigenvalue weighted by Gasteiger charge is -2.12. The maximum absolute atomic E-state index is 5.37. The zero-order valence-corrected chi connectivity index (χ0v) is 14.7. The van der Waals surface area contributed by atoms with Gasteiger partial charge < -0.3 is 15.4 Å². The van der Waals surface area contributed by atoms with E-state index in [1.165, 1.54) is 5.56 Å². The third-order valence-electron chi connectivity index (χ3n) is 3.84. The van der Waals surface area contributed by atoms with E-state index in [-0.39, 0.29) is 0 Å². The molecule has 0 saturated heterocycles. The fraction of sp³-hybridized carbons (Fsp3) is 0.200. The second kappa shape index (κ2) is 7.66. The highest BCUT2D eigenvalue weighted by Gasteiger charge is 2.06. The Morgan fingerprint density at radius 3 is 2.28 bits per heavy atom. The Kier molecular flexibility index (Phi) is 5.14. The molecule has 0 aliphatic carbocycles. The van der Waals surface area contributed by atoms with Crippen LogP contribution >= 0.6 is 0 Å². The second-order valence-corrected chi connectivity index (χ2v) is 5.69. The average Bonchev–Trinajstić information content (AvgIpc) is 2.62. The van der Waals surface area contributed by atoms with Crippen molar-refractivity contribution >= 4 is 23.0 Å². The molecule has 3 aromatic rings. The number of rotatable bonds is 6. The summed E-state index contributed by atoms with van der Waals surface area (Å²) < 4.78 is 5.37. The molecule has 2 aromatic carbocycles. The number of ether oxygens (including phenoxy) is 1. The molecule has 0 unspecified atom stereocenters. The van der Waals surface area contributed by atoms with E-state index in [0.717, 1.165) is 29.4 Å². The van der Waals surface area contributed by atoms with E-state index >= 15 is 0 Å². The summed E-state index contributed by atoms with van der Waals surface area (Å²) in [5.74, 6) is 2.91. The number of anilines is 4. The van der Waals surface area contributed by atoms with Gasteiger partial charge in [-0.2, -0.15) is 0 Å². The summed E-state index contributed by atoms with van der Waals surface area (Å²) in [7, 11) is 1.65. The number of nitrogens with one attached hydrogen (secondary N) is 2. The number of para-hydroxylation sites is 2. The van der Waals surface area contributed by atoms with Gasteiger partial charge in [-0.15, -0.1) is 0 Å². The molecule has 0 fully saturated rings. The molecular weight excluding hydrogens is 312 g/mol. The van der Waals surface area contributed by atoms with Crippen LogP contribution in [0.1, 0.15) is 18.3 Å². The molecule has 0 saturated carbocycles. The molecule has 5 heteroatoms. The summed E-state index contributed by atoms with van der Waals surface area (Å²) in [5, 5.41) is 6.62. The molecule has 1 aromatic heterocycles. The van der Waals surface area contributed by atoms with Gasteiger partial charge in [0, 0.05) is 11.8 Å². The molecule has 0 spiro atoms. The van der Waals surface area contributed by atoms with E-state index in [2.05, 4.69) is 51.8 Å². The van der Waals surface area contributed by atoms with Crippen molar-refractivity contribution in [1.29, 1.82) is 0 Å². The predicted molar refractivity (Wildman–Crippen MR) is 102 cm³/mol. The molecular formula is C20H22N4O. The maximum Gasteiger partial charge on any atom is 0.142 e. The Morgan fingerprint density at radius 1 is 0.920 bits per heavy atom. The van der Waals surface area contributed by atoms with Crippen molar-refractivity contribution in [3.63, 3.8) is 0 Å². The molecule has 3 rings (SSSR count). The van der Waals surface area contributed by atoms with Gasteiger partial charge in [-0.1, -0.05) is 31.2 Å². The van der Waals surface area contributed by atoms with Gasteiger partial charge in [0.1, 0.15) is 23.2 Å². The van der Waals surface area contributed by atoms with Crippen molar-refractivity contribution in [2.24, 2.45) is 0 Å². The van der Waals surface area contributed by atoms with Crippen molar-refractivity contribution in [2.75, 3.05) is 17.7 Å². The summed E-state index contributed by atoms with van der Waals surface area (Å²) in [6.07, 6.45) is 1.03. The quantitative estimate of drug-likeness (QED) is 0.675. The lowest BCUT2D eigenvalue weighted by molar-refractivity contribution is 0.417. The average molecular weight is 334 g/mol. The number of methoxy groups -OCH3 is 1. The standard InChI is InChI=1S/C20H22N4O/c1-4-15-9-11-16(12-10-15)23-19-13-20(22-14(2)21-19)24-17-7-5-6-8-18(17)25-3/h5-13H,4H2,1-3H3,(H2,21,22,23,24). The number of benzene rings is 2. The monoisotopic (exact) mass is 334 g/mol. The number of aryl methyl sites for hydroxylation is 2. The minimum absolute atomic E-state index is 0.688.